The van der Waals surface area contributed by atoms with Crippen LogP contribution in [0, 0.1) is 0 Å². The molecule has 4 heteroatoms. The average Bonchev–Trinajstić information content (AvgIpc) is 2.20. The number of nitrogens with one attached hydrogen (secondary N) is 1. The lowest BCUT2D eigenvalue weighted by molar-refractivity contribution is 0.476. The topological polar surface area (TPSA) is 79.1 Å². The van der Waals surface area contributed by atoms with Gasteiger partial charge in [-0.25, -0.2) is 0 Å². The van der Waals surface area contributed by atoms with E-state index in [4.69, 9.17) is 5.73 Å². The average molecular weight is 190 g/mol. The highest BCUT2D eigenvalue weighted by Gasteiger charge is 2.03. The van der Waals surface area contributed by atoms with Gasteiger partial charge in [-0.15, -0.1) is 0 Å². The predicted octanol–water partition coefficient (Wildman–Crippen LogP) is 0.692. The van der Waals surface area contributed by atoms with Gasteiger partial charge in [0.1, 0.15) is 5.75 Å². The van der Waals surface area contributed by atoms with Gasteiger partial charge in [0, 0.05) is 29.2 Å². The van der Waals surface area contributed by atoms with E-state index in [1.807, 2.05) is 0 Å². The van der Waals surface area contributed by atoms with E-state index in [-0.39, 0.29) is 17.7 Å². The third-order valence-electron chi connectivity index (χ3n) is 2.16. The van der Waals surface area contributed by atoms with Gasteiger partial charge < -0.3 is 15.8 Å². The van der Waals surface area contributed by atoms with E-state index in [1.165, 1.54) is 12.1 Å². The Labute approximate surface area is 80.0 Å². The fourth-order valence-corrected chi connectivity index (χ4v) is 1.40. The van der Waals surface area contributed by atoms with Gasteiger partial charge in [0.2, 0.25) is 0 Å². The van der Waals surface area contributed by atoms with Crippen LogP contribution in [0.5, 0.6) is 5.75 Å². The van der Waals surface area contributed by atoms with Crippen molar-refractivity contribution in [3.63, 3.8) is 0 Å². The third-order valence-corrected chi connectivity index (χ3v) is 2.16. The molecule has 0 saturated carbocycles. The van der Waals surface area contributed by atoms with Crippen molar-refractivity contribution >= 4 is 10.9 Å². The first-order chi connectivity index (χ1) is 6.72. The summed E-state index contributed by atoms with van der Waals surface area (Å²) in [5.41, 5.74) is 6.49. The van der Waals surface area contributed by atoms with Crippen LogP contribution in [-0.4, -0.2) is 10.1 Å². The van der Waals surface area contributed by atoms with Crippen LogP contribution in [-0.2, 0) is 6.54 Å². The van der Waals surface area contributed by atoms with Crippen LogP contribution >= 0.6 is 0 Å². The van der Waals surface area contributed by atoms with Gasteiger partial charge in [0.15, 0.2) is 5.43 Å². The summed E-state index contributed by atoms with van der Waals surface area (Å²) in [4.78, 5) is 14.6. The molecule has 14 heavy (non-hydrogen) atoms. The summed E-state index contributed by atoms with van der Waals surface area (Å²) in [6, 6.07) is 4.63. The molecule has 0 spiro atoms. The number of phenols is 1. The summed E-state index contributed by atoms with van der Waals surface area (Å²) in [5, 5.41) is 9.70. The summed E-state index contributed by atoms with van der Waals surface area (Å²) in [5.74, 6) is 0.0807. The number of aromatic amines is 1. The lowest BCUT2D eigenvalue weighted by Gasteiger charge is -2.01. The number of benzene rings is 1. The van der Waals surface area contributed by atoms with Crippen molar-refractivity contribution < 1.29 is 5.11 Å². The SMILES string of the molecule is NCc1c[nH]c2ccc(O)cc2c1=O. The molecule has 2 aromatic rings. The zero-order valence-corrected chi connectivity index (χ0v) is 7.45. The highest BCUT2D eigenvalue weighted by molar-refractivity contribution is 5.80. The summed E-state index contributed by atoms with van der Waals surface area (Å²) in [7, 11) is 0. The maximum absolute atomic E-state index is 11.7. The van der Waals surface area contributed by atoms with Gasteiger partial charge in [-0.1, -0.05) is 0 Å². The number of aromatic nitrogens is 1. The molecule has 1 aromatic carbocycles. The van der Waals surface area contributed by atoms with Crippen LogP contribution in [0.4, 0.5) is 0 Å². The van der Waals surface area contributed by atoms with E-state index in [9.17, 15) is 9.90 Å². The summed E-state index contributed by atoms with van der Waals surface area (Å²) in [6.45, 7) is 0.195. The maximum atomic E-state index is 11.7. The number of pyridine rings is 1. The molecule has 0 aliphatic carbocycles. The molecule has 0 aliphatic rings. The zero-order chi connectivity index (χ0) is 10.1. The first-order valence-corrected chi connectivity index (χ1v) is 4.25. The molecule has 0 unspecified atom stereocenters. The lowest BCUT2D eigenvalue weighted by Crippen LogP contribution is -2.13. The maximum Gasteiger partial charge on any atom is 0.193 e. The number of phenolic OH excluding ortho intramolecular Hbond substituents is 1. The Balaban J connectivity index is 2.87. The highest BCUT2D eigenvalue weighted by atomic mass is 16.3. The Hall–Kier alpha value is -1.81. The highest BCUT2D eigenvalue weighted by Crippen LogP contribution is 2.15. The Morgan fingerprint density at radius 3 is 2.93 bits per heavy atom. The Kier molecular flexibility index (Phi) is 1.98. The molecule has 1 aromatic heterocycles. The van der Waals surface area contributed by atoms with Gasteiger partial charge in [0.25, 0.3) is 0 Å². The van der Waals surface area contributed by atoms with Gasteiger partial charge in [-0.05, 0) is 18.2 Å². The molecule has 1 heterocycles. The van der Waals surface area contributed by atoms with Crippen LogP contribution in [0.1, 0.15) is 5.56 Å². The van der Waals surface area contributed by atoms with E-state index in [0.717, 1.165) is 0 Å². The number of rotatable bonds is 1. The van der Waals surface area contributed by atoms with Crippen molar-refractivity contribution in [1.82, 2.24) is 4.98 Å². The standard InChI is InChI=1S/C10H10N2O2/c11-4-6-5-12-9-2-1-7(13)3-8(9)10(6)14/h1-3,5,13H,4,11H2,(H,12,14). The molecule has 72 valence electrons. The predicted molar refractivity (Wildman–Crippen MR) is 54.1 cm³/mol. The van der Waals surface area contributed by atoms with Gasteiger partial charge in [-0.3, -0.25) is 4.79 Å². The molecule has 0 radical (unpaired) electrons. The molecule has 0 amide bonds. The molecule has 4 nitrogen and oxygen atoms in total. The van der Waals surface area contributed by atoms with Crippen LogP contribution in [0.3, 0.4) is 0 Å². The van der Waals surface area contributed by atoms with Crippen molar-refractivity contribution in [1.29, 1.82) is 0 Å². The van der Waals surface area contributed by atoms with Crippen molar-refractivity contribution in [3.05, 3.63) is 40.2 Å². The minimum Gasteiger partial charge on any atom is -0.508 e. The quantitative estimate of drug-likeness (QED) is 0.619. The summed E-state index contributed by atoms with van der Waals surface area (Å²) < 4.78 is 0. The van der Waals surface area contributed by atoms with Crippen LogP contribution in [0.2, 0.25) is 0 Å². The van der Waals surface area contributed by atoms with E-state index < -0.39 is 0 Å². The second-order valence-corrected chi connectivity index (χ2v) is 3.08. The van der Waals surface area contributed by atoms with Crippen LogP contribution < -0.4 is 11.2 Å². The van der Waals surface area contributed by atoms with E-state index in [0.29, 0.717) is 16.5 Å². The normalized spacial score (nSPS) is 10.6. The Morgan fingerprint density at radius 2 is 2.21 bits per heavy atom. The Bertz CT molecular complexity index is 531. The van der Waals surface area contributed by atoms with Crippen molar-refractivity contribution in [2.24, 2.45) is 5.73 Å². The van der Waals surface area contributed by atoms with E-state index >= 15 is 0 Å². The molecule has 0 atom stereocenters. The number of hydrogen-bond donors (Lipinski definition) is 3. The summed E-state index contributed by atoms with van der Waals surface area (Å²) in [6.07, 6.45) is 1.60. The van der Waals surface area contributed by atoms with Crippen molar-refractivity contribution in [3.8, 4) is 5.75 Å². The van der Waals surface area contributed by atoms with Gasteiger partial charge in [-0.2, -0.15) is 0 Å². The fourth-order valence-electron chi connectivity index (χ4n) is 1.40. The van der Waals surface area contributed by atoms with Crippen molar-refractivity contribution in [2.45, 2.75) is 6.54 Å². The number of fused-ring (bicyclic) bond motifs is 1. The van der Waals surface area contributed by atoms with Gasteiger partial charge in [0.05, 0.1) is 0 Å². The van der Waals surface area contributed by atoms with Crippen molar-refractivity contribution in [2.75, 3.05) is 0 Å². The van der Waals surface area contributed by atoms with Crippen LogP contribution in [0.25, 0.3) is 10.9 Å². The second-order valence-electron chi connectivity index (χ2n) is 3.08. The number of nitrogens with two attached hydrogens (primary N) is 1. The monoisotopic (exact) mass is 190 g/mol. The smallest absolute Gasteiger partial charge is 0.193 e. The van der Waals surface area contributed by atoms with Crippen LogP contribution in [0.15, 0.2) is 29.2 Å². The fraction of sp³-hybridized carbons (Fsp3) is 0.100. The molecule has 2 rings (SSSR count). The second kappa shape index (κ2) is 3.16. The first-order valence-electron chi connectivity index (χ1n) is 4.25. The largest absolute Gasteiger partial charge is 0.508 e. The zero-order valence-electron chi connectivity index (χ0n) is 7.45. The minimum absolute atomic E-state index is 0.0807. The third kappa shape index (κ3) is 1.25. The van der Waals surface area contributed by atoms with E-state index in [2.05, 4.69) is 4.98 Å². The Morgan fingerprint density at radius 1 is 1.43 bits per heavy atom. The number of aromatic hydroxyl groups is 1. The minimum atomic E-state index is -0.128. The number of hydrogen-bond acceptors (Lipinski definition) is 3. The molecule has 0 fully saturated rings. The lowest BCUT2D eigenvalue weighted by atomic mass is 10.1. The molecule has 0 aliphatic heterocycles. The van der Waals surface area contributed by atoms with Gasteiger partial charge >= 0.3 is 0 Å². The first kappa shape index (κ1) is 8.77. The molecule has 0 bridgehead atoms. The molecule has 4 N–H and O–H groups in total. The molecular formula is C10H10N2O2. The molecule has 0 saturated heterocycles. The number of H-pyrrole nitrogens is 1. The summed E-state index contributed by atoms with van der Waals surface area (Å²) >= 11 is 0. The van der Waals surface area contributed by atoms with E-state index in [1.54, 1.807) is 12.3 Å². The molecular weight excluding hydrogens is 180 g/mol.